The summed E-state index contributed by atoms with van der Waals surface area (Å²) in [5, 5.41) is 37.6. The molecule has 1 aliphatic heterocycles. The summed E-state index contributed by atoms with van der Waals surface area (Å²) in [7, 11) is -3.99. The molecule has 2 aliphatic rings. The van der Waals surface area contributed by atoms with Crippen molar-refractivity contribution in [1.29, 1.82) is 0 Å². The van der Waals surface area contributed by atoms with Crippen molar-refractivity contribution in [3.8, 4) is 0 Å². The Morgan fingerprint density at radius 1 is 1.12 bits per heavy atom. The van der Waals surface area contributed by atoms with E-state index in [1.807, 2.05) is 0 Å². The van der Waals surface area contributed by atoms with Crippen molar-refractivity contribution in [2.75, 3.05) is 6.61 Å². The second-order valence-electron chi connectivity index (χ2n) is 3.98. The molecule has 0 aromatic carbocycles. The van der Waals surface area contributed by atoms with E-state index in [-0.39, 0.29) is 0 Å². The van der Waals surface area contributed by atoms with Crippen LogP contribution in [0.1, 0.15) is 0 Å². The van der Waals surface area contributed by atoms with Gasteiger partial charge in [-0.15, -0.1) is 0 Å². The molecule has 0 aromatic rings. The molecule has 1 saturated carbocycles. The summed E-state index contributed by atoms with van der Waals surface area (Å²) in [6, 6.07) is -0.941. The molecule has 6 atom stereocenters. The van der Waals surface area contributed by atoms with E-state index in [4.69, 9.17) is 5.11 Å². The summed E-state index contributed by atoms with van der Waals surface area (Å²) in [6.07, 6.45) is -5.67. The van der Waals surface area contributed by atoms with Crippen LogP contribution in [0.4, 0.5) is 0 Å². The summed E-state index contributed by atoms with van der Waals surface area (Å²) in [5.41, 5.74) is 0. The largest absolute Gasteiger partial charge is 0.396 e. The monoisotopic (exact) mass is 255 g/mol. The Labute approximate surface area is 91.7 Å². The highest BCUT2D eigenvalue weighted by Gasteiger charge is 2.55. The fourth-order valence-electron chi connectivity index (χ4n) is 2.15. The van der Waals surface area contributed by atoms with Crippen LogP contribution in [-0.2, 0) is 14.5 Å². The molecule has 2 fully saturated rings. The molecule has 94 valence electrons. The van der Waals surface area contributed by atoms with Crippen molar-refractivity contribution in [1.82, 2.24) is 4.72 Å². The minimum Gasteiger partial charge on any atom is -0.396 e. The Balaban J connectivity index is 2.32. The van der Waals surface area contributed by atoms with Crippen LogP contribution in [0.3, 0.4) is 0 Å². The van der Waals surface area contributed by atoms with Crippen molar-refractivity contribution >= 4 is 10.3 Å². The summed E-state index contributed by atoms with van der Waals surface area (Å²) >= 11 is 0. The van der Waals surface area contributed by atoms with Crippen molar-refractivity contribution in [2.24, 2.45) is 5.92 Å². The lowest BCUT2D eigenvalue weighted by Gasteiger charge is -2.40. The zero-order chi connectivity index (χ0) is 12.1. The van der Waals surface area contributed by atoms with E-state index >= 15 is 0 Å². The molecule has 9 heteroatoms. The Bertz CT molecular complexity index is 371. The predicted molar refractivity (Wildman–Crippen MR) is 49.3 cm³/mol. The minimum absolute atomic E-state index is 0.530. The molecule has 0 unspecified atom stereocenters. The van der Waals surface area contributed by atoms with Crippen LogP contribution < -0.4 is 4.72 Å². The summed E-state index contributed by atoms with van der Waals surface area (Å²) in [6.45, 7) is -0.530. The van der Waals surface area contributed by atoms with E-state index in [1.54, 1.807) is 0 Å². The second-order valence-corrected chi connectivity index (χ2v) is 5.31. The van der Waals surface area contributed by atoms with Gasteiger partial charge in [-0.1, -0.05) is 0 Å². The first-order valence-electron chi connectivity index (χ1n) is 4.73. The van der Waals surface area contributed by atoms with E-state index in [9.17, 15) is 23.7 Å². The first-order valence-corrected chi connectivity index (χ1v) is 6.14. The fraction of sp³-hybridized carbons (Fsp3) is 1.00. The maximum Gasteiger partial charge on any atom is 0.336 e. The third kappa shape index (κ3) is 1.74. The SMILES string of the molecule is O=S1(=O)N[C@H]2[C@H](CO)[C@@H](O)[C@H](O)[C@@H](O)[C@H]2O1. The smallest absolute Gasteiger partial charge is 0.336 e. The first-order chi connectivity index (χ1) is 7.37. The summed E-state index contributed by atoms with van der Waals surface area (Å²) < 4.78 is 28.9. The van der Waals surface area contributed by atoms with Crippen molar-refractivity contribution < 1.29 is 33.0 Å². The number of aliphatic hydroxyl groups excluding tert-OH is 4. The molecule has 8 nitrogen and oxygen atoms in total. The zero-order valence-corrected chi connectivity index (χ0v) is 8.91. The number of nitrogens with one attached hydrogen (secondary N) is 1. The van der Waals surface area contributed by atoms with Crippen LogP contribution in [0.15, 0.2) is 0 Å². The van der Waals surface area contributed by atoms with Gasteiger partial charge in [-0.2, -0.15) is 13.1 Å². The molecule has 0 amide bonds. The lowest BCUT2D eigenvalue weighted by atomic mass is 9.78. The summed E-state index contributed by atoms with van der Waals surface area (Å²) in [5.74, 6) is -0.916. The molecule has 16 heavy (non-hydrogen) atoms. The van der Waals surface area contributed by atoms with Gasteiger partial charge in [-0.25, -0.2) is 0 Å². The molecule has 0 bridgehead atoms. The highest BCUT2D eigenvalue weighted by atomic mass is 32.2. The highest BCUT2D eigenvalue weighted by molar-refractivity contribution is 7.85. The normalized spacial score (nSPS) is 51.2. The standard InChI is InChI=1S/C7H13NO7S/c9-1-2-3-7(15-16(13,14)8-3)6(12)5(11)4(2)10/h2-12H,1H2/t2-,3-,4+,5-,6+,7-/m0/s1. The molecule has 2 rings (SSSR count). The maximum atomic E-state index is 11.1. The van der Waals surface area contributed by atoms with Crippen molar-refractivity contribution in [3.05, 3.63) is 0 Å². The average molecular weight is 255 g/mol. The second kappa shape index (κ2) is 3.88. The number of rotatable bonds is 1. The molecule has 5 N–H and O–H groups in total. The third-order valence-corrected chi connectivity index (χ3v) is 4.06. The Kier molecular flexibility index (Phi) is 2.95. The Morgan fingerprint density at radius 2 is 1.75 bits per heavy atom. The third-order valence-electron chi connectivity index (χ3n) is 3.02. The summed E-state index contributed by atoms with van der Waals surface area (Å²) in [4.78, 5) is 0. The molecular weight excluding hydrogens is 242 g/mol. The molecule has 1 saturated heterocycles. The minimum atomic E-state index is -3.99. The van der Waals surface area contributed by atoms with Gasteiger partial charge in [0.25, 0.3) is 0 Å². The van der Waals surface area contributed by atoms with E-state index in [2.05, 4.69) is 8.91 Å². The molecule has 0 spiro atoms. The van der Waals surface area contributed by atoms with E-state index in [1.165, 1.54) is 0 Å². The van der Waals surface area contributed by atoms with Gasteiger partial charge in [-0.05, 0) is 0 Å². The van der Waals surface area contributed by atoms with Gasteiger partial charge in [0.2, 0.25) is 0 Å². The van der Waals surface area contributed by atoms with Gasteiger partial charge in [0, 0.05) is 5.92 Å². The van der Waals surface area contributed by atoms with Gasteiger partial charge in [0.1, 0.15) is 18.3 Å². The number of hydrogen-bond donors (Lipinski definition) is 5. The Hall–Kier alpha value is -0.290. The van der Waals surface area contributed by atoms with Gasteiger partial charge in [0.15, 0.2) is 0 Å². The molecule has 1 aliphatic carbocycles. The van der Waals surface area contributed by atoms with Crippen LogP contribution in [-0.4, -0.2) is 65.9 Å². The number of fused-ring (bicyclic) bond motifs is 1. The van der Waals surface area contributed by atoms with Crippen molar-refractivity contribution in [2.45, 2.75) is 30.5 Å². The van der Waals surface area contributed by atoms with Gasteiger partial charge in [0.05, 0.1) is 18.8 Å². The van der Waals surface area contributed by atoms with Crippen LogP contribution >= 0.6 is 0 Å². The quantitative estimate of drug-likeness (QED) is 0.325. The molecule has 0 aromatic heterocycles. The van der Waals surface area contributed by atoms with E-state index in [0.29, 0.717) is 0 Å². The van der Waals surface area contributed by atoms with Gasteiger partial charge in [-0.3, -0.25) is 4.18 Å². The highest BCUT2D eigenvalue weighted by Crippen LogP contribution is 2.32. The number of hydrogen-bond acceptors (Lipinski definition) is 7. The molecular formula is C7H13NO7S. The van der Waals surface area contributed by atoms with E-state index in [0.717, 1.165) is 0 Å². The molecule has 0 radical (unpaired) electrons. The van der Waals surface area contributed by atoms with Crippen LogP contribution in [0, 0.1) is 5.92 Å². The van der Waals surface area contributed by atoms with Crippen LogP contribution in [0.5, 0.6) is 0 Å². The maximum absolute atomic E-state index is 11.1. The van der Waals surface area contributed by atoms with E-state index < -0.39 is 53.3 Å². The number of aliphatic hydroxyl groups is 4. The Morgan fingerprint density at radius 3 is 2.31 bits per heavy atom. The lowest BCUT2D eigenvalue weighted by molar-refractivity contribution is -0.158. The van der Waals surface area contributed by atoms with Crippen LogP contribution in [0.25, 0.3) is 0 Å². The lowest BCUT2D eigenvalue weighted by Crippen LogP contribution is -2.62. The molecule has 1 heterocycles. The average Bonchev–Trinajstić information content (AvgIpc) is 2.52. The van der Waals surface area contributed by atoms with Crippen molar-refractivity contribution in [3.63, 3.8) is 0 Å². The van der Waals surface area contributed by atoms with Gasteiger partial charge >= 0.3 is 10.3 Å². The van der Waals surface area contributed by atoms with Gasteiger partial charge < -0.3 is 20.4 Å². The first kappa shape index (κ1) is 12.2. The zero-order valence-electron chi connectivity index (χ0n) is 8.09. The predicted octanol–water partition coefficient (Wildman–Crippen LogP) is -3.71. The fourth-order valence-corrected chi connectivity index (χ4v) is 3.38. The van der Waals surface area contributed by atoms with Crippen LogP contribution in [0.2, 0.25) is 0 Å². The topological polar surface area (TPSA) is 136 Å².